The van der Waals surface area contributed by atoms with Gasteiger partial charge in [0.05, 0.1) is 12.8 Å². The number of halogens is 3. The van der Waals surface area contributed by atoms with Gasteiger partial charge < -0.3 is 10.4 Å². The number of carboxylic acid groups (broad SMARTS) is 1. The molecule has 1 aromatic carbocycles. The predicted molar refractivity (Wildman–Crippen MR) is 55.3 cm³/mol. The lowest BCUT2D eigenvalue weighted by Crippen LogP contribution is -2.27. The quantitative estimate of drug-likeness (QED) is 0.783. The second kappa shape index (κ2) is 6.04. The average Bonchev–Trinajstić information content (AvgIpc) is 2.25. The highest BCUT2D eigenvalue weighted by Gasteiger charge is 2.13. The van der Waals surface area contributed by atoms with Crippen LogP contribution in [0.1, 0.15) is 12.0 Å². The molecule has 0 unspecified atom stereocenters. The molecule has 0 atom stereocenters. The minimum atomic E-state index is -1.33. The summed E-state index contributed by atoms with van der Waals surface area (Å²) in [6.07, 6.45) is -0.755. The van der Waals surface area contributed by atoms with Crippen molar-refractivity contribution < 1.29 is 27.9 Å². The van der Waals surface area contributed by atoms with Crippen LogP contribution in [0, 0.1) is 17.5 Å². The van der Waals surface area contributed by atoms with Crippen molar-refractivity contribution in [2.75, 3.05) is 6.54 Å². The Morgan fingerprint density at radius 2 is 1.72 bits per heavy atom. The smallest absolute Gasteiger partial charge is 0.305 e. The van der Waals surface area contributed by atoms with Crippen LogP contribution in [0.15, 0.2) is 12.1 Å². The zero-order valence-electron chi connectivity index (χ0n) is 9.17. The van der Waals surface area contributed by atoms with Crippen LogP contribution in [0.2, 0.25) is 0 Å². The first kappa shape index (κ1) is 14.0. The van der Waals surface area contributed by atoms with Crippen molar-refractivity contribution >= 4 is 11.9 Å². The van der Waals surface area contributed by atoms with E-state index < -0.39 is 35.7 Å². The van der Waals surface area contributed by atoms with Crippen molar-refractivity contribution in [1.82, 2.24) is 5.32 Å². The molecule has 1 rings (SSSR count). The Hall–Kier alpha value is -2.05. The molecule has 0 spiro atoms. The largest absolute Gasteiger partial charge is 0.481 e. The number of hydrogen-bond acceptors (Lipinski definition) is 2. The standard InChI is InChI=1S/C11H10F3NO3/c12-7-5-9(14)8(13)3-6(7)4-10(16)15-2-1-11(17)18/h3,5H,1-2,4H2,(H,15,16)(H,17,18). The summed E-state index contributed by atoms with van der Waals surface area (Å²) < 4.78 is 38.6. The summed E-state index contributed by atoms with van der Waals surface area (Å²) in [6.45, 7) is -0.112. The van der Waals surface area contributed by atoms with Gasteiger partial charge in [0.25, 0.3) is 0 Å². The van der Waals surface area contributed by atoms with E-state index in [9.17, 15) is 22.8 Å². The average molecular weight is 261 g/mol. The second-order valence-corrected chi connectivity index (χ2v) is 3.53. The van der Waals surface area contributed by atoms with Crippen molar-refractivity contribution in [2.24, 2.45) is 0 Å². The number of hydrogen-bond donors (Lipinski definition) is 2. The molecule has 0 heterocycles. The van der Waals surface area contributed by atoms with E-state index in [1.165, 1.54) is 0 Å². The number of rotatable bonds is 5. The van der Waals surface area contributed by atoms with Gasteiger partial charge in [0.2, 0.25) is 5.91 Å². The molecule has 0 aliphatic heterocycles. The fourth-order valence-corrected chi connectivity index (χ4v) is 1.24. The van der Waals surface area contributed by atoms with Crippen LogP contribution in [0.3, 0.4) is 0 Å². The van der Waals surface area contributed by atoms with Gasteiger partial charge in [-0.1, -0.05) is 0 Å². The van der Waals surface area contributed by atoms with Gasteiger partial charge in [-0.05, 0) is 6.07 Å². The molecule has 2 N–H and O–H groups in total. The van der Waals surface area contributed by atoms with Gasteiger partial charge in [0.15, 0.2) is 11.6 Å². The summed E-state index contributed by atoms with van der Waals surface area (Å²) in [4.78, 5) is 21.4. The van der Waals surface area contributed by atoms with E-state index in [1.807, 2.05) is 0 Å². The van der Waals surface area contributed by atoms with Gasteiger partial charge in [0, 0.05) is 18.2 Å². The number of carboxylic acids is 1. The number of aliphatic carboxylic acids is 1. The third kappa shape index (κ3) is 4.08. The molecule has 0 saturated heterocycles. The zero-order valence-corrected chi connectivity index (χ0v) is 9.17. The number of amides is 1. The van der Waals surface area contributed by atoms with E-state index in [-0.39, 0.29) is 18.5 Å². The summed E-state index contributed by atoms with van der Waals surface area (Å²) >= 11 is 0. The molecule has 0 radical (unpaired) electrons. The van der Waals surface area contributed by atoms with Crippen molar-refractivity contribution in [3.8, 4) is 0 Å². The fraction of sp³-hybridized carbons (Fsp3) is 0.273. The first-order valence-corrected chi connectivity index (χ1v) is 5.02. The highest BCUT2D eigenvalue weighted by molar-refractivity contribution is 5.79. The molecular weight excluding hydrogens is 251 g/mol. The maximum absolute atomic E-state index is 13.2. The molecule has 0 bridgehead atoms. The highest BCUT2D eigenvalue weighted by Crippen LogP contribution is 2.14. The first-order valence-electron chi connectivity index (χ1n) is 5.02. The summed E-state index contributed by atoms with van der Waals surface area (Å²) in [5.41, 5.74) is -0.290. The third-order valence-corrected chi connectivity index (χ3v) is 2.10. The Bertz CT molecular complexity index is 477. The van der Waals surface area contributed by atoms with E-state index in [2.05, 4.69) is 5.32 Å². The lowest BCUT2D eigenvalue weighted by Gasteiger charge is -2.05. The Labute approximate surface area is 100 Å². The van der Waals surface area contributed by atoms with Crippen LogP contribution in [-0.2, 0) is 16.0 Å². The van der Waals surface area contributed by atoms with Gasteiger partial charge >= 0.3 is 5.97 Å². The zero-order chi connectivity index (χ0) is 13.7. The van der Waals surface area contributed by atoms with E-state index in [1.54, 1.807) is 0 Å². The Kier molecular flexibility index (Phi) is 4.70. The summed E-state index contributed by atoms with van der Waals surface area (Å²) in [5.74, 6) is -5.36. The molecule has 0 saturated carbocycles. The summed E-state index contributed by atoms with van der Waals surface area (Å²) in [5, 5.41) is 10.5. The normalized spacial score (nSPS) is 10.2. The predicted octanol–water partition coefficient (Wildman–Crippen LogP) is 1.24. The molecule has 98 valence electrons. The van der Waals surface area contributed by atoms with Crippen LogP contribution in [0.4, 0.5) is 13.2 Å². The van der Waals surface area contributed by atoms with Crippen LogP contribution in [-0.4, -0.2) is 23.5 Å². The Morgan fingerprint density at radius 3 is 2.33 bits per heavy atom. The maximum Gasteiger partial charge on any atom is 0.305 e. The van der Waals surface area contributed by atoms with E-state index in [0.29, 0.717) is 12.1 Å². The van der Waals surface area contributed by atoms with Crippen molar-refractivity contribution in [3.63, 3.8) is 0 Å². The number of carbonyl (C=O) groups is 2. The van der Waals surface area contributed by atoms with Gasteiger partial charge in [-0.3, -0.25) is 9.59 Å². The monoisotopic (exact) mass is 261 g/mol. The first-order chi connectivity index (χ1) is 8.40. The lowest BCUT2D eigenvalue weighted by atomic mass is 10.1. The van der Waals surface area contributed by atoms with Gasteiger partial charge in [-0.2, -0.15) is 0 Å². The van der Waals surface area contributed by atoms with E-state index in [4.69, 9.17) is 5.11 Å². The maximum atomic E-state index is 13.2. The van der Waals surface area contributed by atoms with Gasteiger partial charge in [-0.25, -0.2) is 13.2 Å². The highest BCUT2D eigenvalue weighted by atomic mass is 19.2. The molecule has 1 aromatic rings. The molecule has 7 heteroatoms. The fourth-order valence-electron chi connectivity index (χ4n) is 1.24. The van der Waals surface area contributed by atoms with E-state index in [0.717, 1.165) is 0 Å². The van der Waals surface area contributed by atoms with Crippen LogP contribution in [0.5, 0.6) is 0 Å². The molecule has 0 aliphatic carbocycles. The lowest BCUT2D eigenvalue weighted by molar-refractivity contribution is -0.136. The van der Waals surface area contributed by atoms with E-state index >= 15 is 0 Å². The molecule has 1 amide bonds. The SMILES string of the molecule is O=C(O)CCNC(=O)Cc1cc(F)c(F)cc1F. The number of benzene rings is 1. The summed E-state index contributed by atoms with van der Waals surface area (Å²) in [7, 11) is 0. The Balaban J connectivity index is 2.59. The minimum absolute atomic E-state index is 0.112. The molecule has 0 fully saturated rings. The molecule has 4 nitrogen and oxygen atoms in total. The van der Waals surface area contributed by atoms with Crippen LogP contribution in [0.25, 0.3) is 0 Å². The molecule has 0 aromatic heterocycles. The third-order valence-electron chi connectivity index (χ3n) is 2.10. The second-order valence-electron chi connectivity index (χ2n) is 3.53. The number of carbonyl (C=O) groups excluding carboxylic acids is 1. The van der Waals surface area contributed by atoms with Crippen LogP contribution < -0.4 is 5.32 Å². The minimum Gasteiger partial charge on any atom is -0.481 e. The van der Waals surface area contributed by atoms with Crippen molar-refractivity contribution in [3.05, 3.63) is 35.1 Å². The van der Waals surface area contributed by atoms with Crippen LogP contribution >= 0.6 is 0 Å². The number of nitrogens with one attached hydrogen (secondary N) is 1. The Morgan fingerprint density at radius 1 is 1.11 bits per heavy atom. The molecule has 0 aliphatic rings. The molecular formula is C11H10F3NO3. The van der Waals surface area contributed by atoms with Crippen molar-refractivity contribution in [1.29, 1.82) is 0 Å². The van der Waals surface area contributed by atoms with Crippen molar-refractivity contribution in [2.45, 2.75) is 12.8 Å². The van der Waals surface area contributed by atoms with Gasteiger partial charge in [-0.15, -0.1) is 0 Å². The summed E-state index contributed by atoms with van der Waals surface area (Å²) in [6, 6.07) is 0.955. The topological polar surface area (TPSA) is 66.4 Å². The van der Waals surface area contributed by atoms with Gasteiger partial charge in [0.1, 0.15) is 5.82 Å². The molecule has 18 heavy (non-hydrogen) atoms.